The second-order valence-electron chi connectivity index (χ2n) is 14.2. The lowest BCUT2D eigenvalue weighted by atomic mass is 9.81. The van der Waals surface area contributed by atoms with Crippen LogP contribution >= 0.6 is 0 Å². The van der Waals surface area contributed by atoms with E-state index in [1.807, 2.05) is 14.1 Å². The van der Waals surface area contributed by atoms with E-state index < -0.39 is 35.8 Å². The predicted molar refractivity (Wildman–Crippen MR) is 178 cm³/mol. The van der Waals surface area contributed by atoms with Gasteiger partial charge in [-0.2, -0.15) is 0 Å². The molecule has 0 bridgehead atoms. The van der Waals surface area contributed by atoms with Gasteiger partial charge in [-0.25, -0.2) is 23.8 Å². The molecular weight excluding hydrogens is 619 g/mol. The number of carbonyl (C=O) groups is 3. The molecule has 12 heteroatoms. The number of hydrogen-bond acceptors (Lipinski definition) is 9. The summed E-state index contributed by atoms with van der Waals surface area (Å²) in [4.78, 5) is 59.2. The fourth-order valence-corrected chi connectivity index (χ4v) is 6.58. The van der Waals surface area contributed by atoms with Crippen LogP contribution in [-0.2, 0) is 43.4 Å². The highest BCUT2D eigenvalue weighted by molar-refractivity contribution is 5.93. The molecule has 258 valence electrons. The second kappa shape index (κ2) is 13.3. The van der Waals surface area contributed by atoms with E-state index >= 15 is 0 Å². The molecule has 0 saturated heterocycles. The summed E-state index contributed by atoms with van der Waals surface area (Å²) < 4.78 is 32.8. The number of nitrogens with one attached hydrogen (secondary N) is 1. The third-order valence-electron chi connectivity index (χ3n) is 9.04. The van der Waals surface area contributed by atoms with Crippen LogP contribution in [-0.4, -0.2) is 64.3 Å². The fraction of sp³-hybridized carbons (Fsp3) is 0.528. The number of nitrogens with zero attached hydrogens (tertiary/aromatic N) is 3. The second-order valence-corrected chi connectivity index (χ2v) is 14.2. The maximum Gasteiger partial charge on any atom is 0.408 e. The Morgan fingerprint density at radius 1 is 1.15 bits per heavy atom. The molecule has 1 N–H and O–H groups in total. The van der Waals surface area contributed by atoms with Crippen molar-refractivity contribution in [2.24, 2.45) is 5.92 Å². The molecule has 1 unspecified atom stereocenters. The molecule has 2 aromatic heterocycles. The lowest BCUT2D eigenvalue weighted by Gasteiger charge is -2.33. The molecule has 1 aliphatic carbocycles. The molecule has 0 saturated carbocycles. The molecule has 1 aromatic carbocycles. The molecule has 0 spiro atoms. The van der Waals surface area contributed by atoms with Gasteiger partial charge < -0.3 is 29.0 Å². The molecule has 2 aliphatic rings. The number of aryl methyl sites for hydroxylation is 1. The molecule has 0 fully saturated rings. The summed E-state index contributed by atoms with van der Waals surface area (Å²) in [5, 5.41) is 3.49. The first-order chi connectivity index (χ1) is 22.5. The molecule has 1 amide bonds. The maximum atomic E-state index is 15.0. The Balaban J connectivity index is 1.35. The molecule has 1 aliphatic heterocycles. The summed E-state index contributed by atoms with van der Waals surface area (Å²) in [5.41, 5.74) is 4.62. The molecule has 3 aromatic rings. The Labute approximate surface area is 279 Å². The van der Waals surface area contributed by atoms with Gasteiger partial charge in [0.15, 0.2) is 6.10 Å². The summed E-state index contributed by atoms with van der Waals surface area (Å²) in [6.45, 7) is 12.0. The van der Waals surface area contributed by atoms with E-state index in [-0.39, 0.29) is 41.9 Å². The van der Waals surface area contributed by atoms with E-state index in [0.717, 1.165) is 34.9 Å². The van der Waals surface area contributed by atoms with Crippen molar-refractivity contribution in [2.45, 2.75) is 105 Å². The number of fused-ring (bicyclic) bond motifs is 4. The summed E-state index contributed by atoms with van der Waals surface area (Å²) in [6, 6.07) is 3.89. The van der Waals surface area contributed by atoms with Gasteiger partial charge in [-0.05, 0) is 95.8 Å². The van der Waals surface area contributed by atoms with E-state index in [4.69, 9.17) is 19.2 Å². The Kier molecular flexibility index (Phi) is 9.69. The summed E-state index contributed by atoms with van der Waals surface area (Å²) >= 11 is 0. The summed E-state index contributed by atoms with van der Waals surface area (Å²) in [6.07, 6.45) is -0.338. The first-order valence-electron chi connectivity index (χ1n) is 16.4. The largest absolute Gasteiger partial charge is 0.458 e. The van der Waals surface area contributed by atoms with Crippen LogP contribution in [0.3, 0.4) is 0 Å². The highest BCUT2D eigenvalue weighted by Crippen LogP contribution is 2.45. The van der Waals surface area contributed by atoms with Gasteiger partial charge >= 0.3 is 18.0 Å². The van der Waals surface area contributed by atoms with Crippen molar-refractivity contribution in [1.29, 1.82) is 0 Å². The van der Waals surface area contributed by atoms with Gasteiger partial charge in [0.1, 0.15) is 24.1 Å². The average molecular weight is 665 g/mol. The molecule has 48 heavy (non-hydrogen) atoms. The molecule has 3 heterocycles. The Morgan fingerprint density at radius 2 is 1.85 bits per heavy atom. The zero-order valence-corrected chi connectivity index (χ0v) is 29.2. The third kappa shape index (κ3) is 6.67. The van der Waals surface area contributed by atoms with Gasteiger partial charge in [0, 0.05) is 23.1 Å². The quantitative estimate of drug-likeness (QED) is 0.186. The maximum absolute atomic E-state index is 15.0. The summed E-state index contributed by atoms with van der Waals surface area (Å²) in [5.74, 6) is -2.25. The number of amides is 1. The number of pyridine rings is 2. The van der Waals surface area contributed by atoms with Crippen LogP contribution in [0.5, 0.6) is 0 Å². The van der Waals surface area contributed by atoms with Gasteiger partial charge in [0.2, 0.25) is 0 Å². The van der Waals surface area contributed by atoms with Crippen molar-refractivity contribution in [3.8, 4) is 11.4 Å². The summed E-state index contributed by atoms with van der Waals surface area (Å²) in [7, 11) is 4.04. The highest BCUT2D eigenvalue weighted by Gasteiger charge is 2.35. The van der Waals surface area contributed by atoms with Crippen LogP contribution in [0.25, 0.3) is 22.3 Å². The van der Waals surface area contributed by atoms with E-state index in [2.05, 4.69) is 10.2 Å². The molecular formula is C36H45FN4O7. The highest BCUT2D eigenvalue weighted by atomic mass is 19.1. The van der Waals surface area contributed by atoms with Crippen molar-refractivity contribution in [3.63, 3.8) is 0 Å². The zero-order chi connectivity index (χ0) is 35.2. The van der Waals surface area contributed by atoms with Gasteiger partial charge in [-0.3, -0.25) is 4.79 Å². The van der Waals surface area contributed by atoms with Crippen LogP contribution in [0.15, 0.2) is 23.0 Å². The predicted octanol–water partition coefficient (Wildman–Crippen LogP) is 5.34. The number of benzene rings is 1. The van der Waals surface area contributed by atoms with Crippen LogP contribution < -0.4 is 10.9 Å². The van der Waals surface area contributed by atoms with Crippen molar-refractivity contribution >= 4 is 28.9 Å². The van der Waals surface area contributed by atoms with E-state index in [1.54, 1.807) is 65.2 Å². The first-order valence-corrected chi connectivity index (χ1v) is 16.4. The standard InChI is InChI=1S/C36H45FN4O7/c1-10-27(47-34(44)30(18(2)3)39-35(45)48-36(5,6)7)33(43)46-17-20-11-13-26-31-22(16-41(26)32(20)42)29-25(40(8)9)14-12-21-19(4)23(37)15-24(38-31)28(21)29/h11,13,15,18,25,27,30H,10,12,14,16-17H2,1-9H3,(H,39,45)/t25-,27?,30-/m0/s1. The monoisotopic (exact) mass is 664 g/mol. The molecule has 11 nitrogen and oxygen atoms in total. The lowest BCUT2D eigenvalue weighted by molar-refractivity contribution is -0.170. The minimum Gasteiger partial charge on any atom is -0.458 e. The molecule has 5 rings (SSSR count). The van der Waals surface area contributed by atoms with Crippen LogP contribution in [0.4, 0.5) is 9.18 Å². The van der Waals surface area contributed by atoms with Crippen molar-refractivity contribution < 1.29 is 33.0 Å². The van der Waals surface area contributed by atoms with E-state index in [9.17, 15) is 23.6 Å². The van der Waals surface area contributed by atoms with Crippen LogP contribution in [0.1, 0.15) is 88.2 Å². The number of hydrogen-bond donors (Lipinski definition) is 1. The van der Waals surface area contributed by atoms with Crippen LogP contribution in [0, 0.1) is 18.7 Å². The van der Waals surface area contributed by atoms with Crippen LogP contribution in [0.2, 0.25) is 0 Å². The minimum atomic E-state index is -1.24. The lowest BCUT2D eigenvalue weighted by Crippen LogP contribution is -2.48. The number of aromatic nitrogens is 2. The van der Waals surface area contributed by atoms with Crippen molar-refractivity contribution in [1.82, 2.24) is 19.8 Å². The Bertz CT molecular complexity index is 1840. The third-order valence-corrected chi connectivity index (χ3v) is 9.04. The van der Waals surface area contributed by atoms with Gasteiger partial charge in [0.25, 0.3) is 5.56 Å². The normalized spacial score (nSPS) is 16.4. The average Bonchev–Trinajstić information content (AvgIpc) is 3.38. The number of halogens is 1. The topological polar surface area (TPSA) is 129 Å². The zero-order valence-electron chi connectivity index (χ0n) is 29.2. The number of carbonyl (C=O) groups excluding carboxylic acids is 3. The van der Waals surface area contributed by atoms with E-state index in [0.29, 0.717) is 29.0 Å². The SMILES string of the molecule is CCC(OC(=O)[C@@H](NC(=O)OC(C)(C)C)C(C)C)C(=O)OCc1ccc2n(c1=O)Cc1c-2nc2cc(F)c(C)c3c2c1[C@@H](N(C)C)CC3. The van der Waals surface area contributed by atoms with Crippen molar-refractivity contribution in [2.75, 3.05) is 14.1 Å². The molecule has 0 radical (unpaired) electrons. The van der Waals surface area contributed by atoms with Gasteiger partial charge in [0.05, 0.1) is 29.0 Å². The number of ether oxygens (including phenoxy) is 3. The smallest absolute Gasteiger partial charge is 0.408 e. The molecule has 3 atom stereocenters. The minimum absolute atomic E-state index is 0.0790. The van der Waals surface area contributed by atoms with Gasteiger partial charge in [-0.15, -0.1) is 0 Å². The first kappa shape index (κ1) is 35.0. The number of alkyl carbamates (subject to hydrolysis) is 1. The van der Waals surface area contributed by atoms with Crippen molar-refractivity contribution in [3.05, 3.63) is 62.2 Å². The Hall–Kier alpha value is -4.32. The Morgan fingerprint density at radius 3 is 2.48 bits per heavy atom. The number of esters is 2. The number of rotatable bonds is 9. The van der Waals surface area contributed by atoms with Gasteiger partial charge in [-0.1, -0.05) is 20.8 Å². The fourth-order valence-electron chi connectivity index (χ4n) is 6.58. The van der Waals surface area contributed by atoms with E-state index in [1.165, 1.54) is 6.07 Å².